The third kappa shape index (κ3) is 4.94. The molecule has 1 aliphatic rings. The van der Waals surface area contributed by atoms with Crippen LogP contribution < -0.4 is 9.47 Å². The van der Waals surface area contributed by atoms with E-state index in [-0.39, 0.29) is 18.5 Å². The van der Waals surface area contributed by atoms with E-state index in [9.17, 15) is 4.79 Å². The van der Waals surface area contributed by atoms with Crippen LogP contribution in [0.3, 0.4) is 0 Å². The molecule has 164 valence electrons. The van der Waals surface area contributed by atoms with Crippen LogP contribution in [0, 0.1) is 0 Å². The zero-order valence-electron chi connectivity index (χ0n) is 18.0. The van der Waals surface area contributed by atoms with Crippen molar-refractivity contribution in [3.05, 3.63) is 72.1 Å². The highest BCUT2D eigenvalue weighted by atomic mass is 16.5. The van der Waals surface area contributed by atoms with Crippen LogP contribution in [0.4, 0.5) is 0 Å². The second kappa shape index (κ2) is 9.75. The van der Waals surface area contributed by atoms with Crippen molar-refractivity contribution in [2.24, 2.45) is 0 Å². The Bertz CT molecular complexity index is 932. The Morgan fingerprint density at radius 1 is 1.06 bits per heavy atom. The number of nitrogens with zero attached hydrogens (tertiary/aromatic N) is 2. The lowest BCUT2D eigenvalue weighted by atomic mass is 10.0. The molecule has 0 bridgehead atoms. The Hall–Kier alpha value is -3.19. The highest BCUT2D eigenvalue weighted by Crippen LogP contribution is 2.38. The van der Waals surface area contributed by atoms with Crippen molar-refractivity contribution >= 4 is 5.91 Å². The smallest absolute Gasteiger partial charge is 0.237 e. The molecule has 7 nitrogen and oxygen atoms in total. The van der Waals surface area contributed by atoms with Crippen LogP contribution in [-0.2, 0) is 17.9 Å². The molecule has 31 heavy (non-hydrogen) atoms. The highest BCUT2D eigenvalue weighted by molar-refractivity contribution is 5.79. The van der Waals surface area contributed by atoms with Gasteiger partial charge in [0.1, 0.15) is 23.0 Å². The SMILES string of the molecule is COc1ccc(C2CCCN2C(=O)CN(Cc2ccco2)Cc2ccco2)c(OC)c1. The molecule has 0 aliphatic carbocycles. The molecule has 1 fully saturated rings. The summed E-state index contributed by atoms with van der Waals surface area (Å²) in [5, 5.41) is 0. The van der Waals surface area contributed by atoms with Gasteiger partial charge in [-0.2, -0.15) is 0 Å². The predicted molar refractivity (Wildman–Crippen MR) is 115 cm³/mol. The average Bonchev–Trinajstić information content (AvgIpc) is 3.56. The summed E-state index contributed by atoms with van der Waals surface area (Å²) >= 11 is 0. The van der Waals surface area contributed by atoms with Crippen molar-refractivity contribution in [3.8, 4) is 11.5 Å². The molecule has 1 unspecified atom stereocenters. The minimum absolute atomic E-state index is 0.0116. The molecule has 1 aromatic carbocycles. The Morgan fingerprint density at radius 2 is 1.77 bits per heavy atom. The minimum Gasteiger partial charge on any atom is -0.497 e. The van der Waals surface area contributed by atoms with Crippen LogP contribution in [0.5, 0.6) is 11.5 Å². The van der Waals surface area contributed by atoms with Crippen LogP contribution in [0.25, 0.3) is 0 Å². The van der Waals surface area contributed by atoms with Crippen molar-refractivity contribution in [1.29, 1.82) is 0 Å². The van der Waals surface area contributed by atoms with E-state index < -0.39 is 0 Å². The zero-order valence-corrected chi connectivity index (χ0v) is 18.0. The number of benzene rings is 1. The molecule has 0 radical (unpaired) electrons. The van der Waals surface area contributed by atoms with Gasteiger partial charge in [-0.3, -0.25) is 9.69 Å². The molecule has 3 heterocycles. The molecular weight excluding hydrogens is 396 g/mol. The summed E-state index contributed by atoms with van der Waals surface area (Å²) in [6.07, 6.45) is 5.16. The molecule has 1 amide bonds. The first-order valence-corrected chi connectivity index (χ1v) is 10.5. The maximum Gasteiger partial charge on any atom is 0.237 e. The van der Waals surface area contributed by atoms with Crippen LogP contribution in [0.2, 0.25) is 0 Å². The fourth-order valence-electron chi connectivity index (χ4n) is 4.18. The summed E-state index contributed by atoms with van der Waals surface area (Å²) in [5.74, 6) is 3.19. The number of methoxy groups -OCH3 is 2. The normalized spacial score (nSPS) is 16.1. The summed E-state index contributed by atoms with van der Waals surface area (Å²) in [7, 11) is 3.28. The van der Waals surface area contributed by atoms with Crippen molar-refractivity contribution in [2.45, 2.75) is 32.0 Å². The number of carbonyl (C=O) groups excluding carboxylic acids is 1. The number of furan rings is 2. The molecule has 3 aromatic rings. The first-order chi connectivity index (χ1) is 15.2. The topological polar surface area (TPSA) is 68.3 Å². The first kappa shape index (κ1) is 21.1. The summed E-state index contributed by atoms with van der Waals surface area (Å²) < 4.78 is 21.9. The Morgan fingerprint density at radius 3 is 2.35 bits per heavy atom. The highest BCUT2D eigenvalue weighted by Gasteiger charge is 2.32. The van der Waals surface area contributed by atoms with Crippen LogP contribution in [0.15, 0.2) is 63.8 Å². The molecule has 0 N–H and O–H groups in total. The predicted octanol–water partition coefficient (Wildman–Crippen LogP) is 4.26. The summed E-state index contributed by atoms with van der Waals surface area (Å²) in [5.41, 5.74) is 1.01. The van der Waals surface area contributed by atoms with E-state index in [0.29, 0.717) is 13.1 Å². The average molecular weight is 424 g/mol. The molecule has 0 saturated carbocycles. The Kier molecular flexibility index (Phi) is 6.62. The second-order valence-corrected chi connectivity index (χ2v) is 7.66. The van der Waals surface area contributed by atoms with Crippen molar-refractivity contribution < 1.29 is 23.1 Å². The Labute approximate surface area is 182 Å². The lowest BCUT2D eigenvalue weighted by Crippen LogP contribution is -2.39. The van der Waals surface area contributed by atoms with E-state index in [1.165, 1.54) is 0 Å². The maximum absolute atomic E-state index is 13.4. The number of carbonyl (C=O) groups is 1. The van der Waals surface area contributed by atoms with Gasteiger partial charge in [0.25, 0.3) is 0 Å². The van der Waals surface area contributed by atoms with E-state index in [1.54, 1.807) is 26.7 Å². The van der Waals surface area contributed by atoms with Gasteiger partial charge in [-0.15, -0.1) is 0 Å². The monoisotopic (exact) mass is 424 g/mol. The lowest BCUT2D eigenvalue weighted by Gasteiger charge is -2.29. The van der Waals surface area contributed by atoms with Crippen molar-refractivity contribution in [2.75, 3.05) is 27.3 Å². The molecule has 0 spiro atoms. The number of rotatable bonds is 9. The van der Waals surface area contributed by atoms with Gasteiger partial charge < -0.3 is 23.2 Å². The lowest BCUT2D eigenvalue weighted by molar-refractivity contribution is -0.133. The van der Waals surface area contributed by atoms with Gasteiger partial charge >= 0.3 is 0 Å². The quantitative estimate of drug-likeness (QED) is 0.511. The first-order valence-electron chi connectivity index (χ1n) is 10.5. The van der Waals surface area contributed by atoms with Gasteiger partial charge in [0.05, 0.1) is 52.4 Å². The van der Waals surface area contributed by atoms with Crippen LogP contribution in [-0.4, -0.2) is 43.0 Å². The molecule has 1 atom stereocenters. The molecule has 4 rings (SSSR count). The summed E-state index contributed by atoms with van der Waals surface area (Å²) in [4.78, 5) is 17.4. The zero-order chi connectivity index (χ0) is 21.6. The number of hydrogen-bond donors (Lipinski definition) is 0. The van der Waals surface area contributed by atoms with Crippen molar-refractivity contribution in [3.63, 3.8) is 0 Å². The van der Waals surface area contributed by atoms with E-state index in [0.717, 1.165) is 48.0 Å². The fourth-order valence-corrected chi connectivity index (χ4v) is 4.18. The van der Waals surface area contributed by atoms with Gasteiger partial charge in [-0.25, -0.2) is 0 Å². The standard InChI is InChI=1S/C24H28N2O5/c1-28-18-9-10-21(23(14-18)29-2)22-8-3-11-26(22)24(27)17-25(15-19-6-4-12-30-19)16-20-7-5-13-31-20/h4-7,9-10,12-14,22H,3,8,11,15-17H2,1-2H3. The minimum atomic E-state index is -0.0116. The molecule has 1 aliphatic heterocycles. The molecule has 2 aromatic heterocycles. The Balaban J connectivity index is 1.51. The van der Waals surface area contributed by atoms with E-state index in [4.69, 9.17) is 18.3 Å². The fraction of sp³-hybridized carbons (Fsp3) is 0.375. The third-order valence-corrected chi connectivity index (χ3v) is 5.65. The molecule has 1 saturated heterocycles. The number of likely N-dealkylation sites (tertiary alicyclic amines) is 1. The van der Waals surface area contributed by atoms with Crippen molar-refractivity contribution in [1.82, 2.24) is 9.80 Å². The van der Waals surface area contributed by atoms with Crippen LogP contribution >= 0.6 is 0 Å². The van der Waals surface area contributed by atoms with Gasteiger partial charge in [0.2, 0.25) is 5.91 Å². The largest absolute Gasteiger partial charge is 0.497 e. The van der Waals surface area contributed by atoms with Gasteiger partial charge in [0, 0.05) is 18.2 Å². The number of hydrogen-bond acceptors (Lipinski definition) is 6. The summed E-state index contributed by atoms with van der Waals surface area (Å²) in [6.45, 7) is 2.07. The third-order valence-electron chi connectivity index (χ3n) is 5.65. The van der Waals surface area contributed by atoms with Gasteiger partial charge in [-0.1, -0.05) is 0 Å². The summed E-state index contributed by atoms with van der Waals surface area (Å²) in [6, 6.07) is 13.3. The van der Waals surface area contributed by atoms with E-state index in [2.05, 4.69) is 0 Å². The molecule has 7 heteroatoms. The van der Waals surface area contributed by atoms with Crippen LogP contribution in [0.1, 0.15) is 36.0 Å². The maximum atomic E-state index is 13.4. The number of ether oxygens (including phenoxy) is 2. The number of amides is 1. The van der Waals surface area contributed by atoms with E-state index in [1.807, 2.05) is 52.3 Å². The van der Waals surface area contributed by atoms with E-state index >= 15 is 0 Å². The second-order valence-electron chi connectivity index (χ2n) is 7.66. The van der Waals surface area contributed by atoms with Gasteiger partial charge in [0.15, 0.2) is 0 Å². The molecular formula is C24H28N2O5. The van der Waals surface area contributed by atoms with Gasteiger partial charge in [-0.05, 0) is 49.2 Å².